The Kier molecular flexibility index (Phi) is 8.12. The minimum absolute atomic E-state index is 0.292. The molecule has 0 radical (unpaired) electrons. The lowest BCUT2D eigenvalue weighted by molar-refractivity contribution is 0.602. The molecule has 0 amide bonds. The van der Waals surface area contributed by atoms with Gasteiger partial charge in [0.25, 0.3) is 0 Å². The van der Waals surface area contributed by atoms with Crippen LogP contribution in [0.5, 0.6) is 0 Å². The molecule has 0 saturated carbocycles. The summed E-state index contributed by atoms with van der Waals surface area (Å²) in [6, 6.07) is 4.56. The Labute approximate surface area is 127 Å². The van der Waals surface area contributed by atoms with Gasteiger partial charge < -0.3 is 5.32 Å². The zero-order valence-electron chi connectivity index (χ0n) is 12.9. The van der Waals surface area contributed by atoms with Crippen LogP contribution in [0.25, 0.3) is 0 Å². The van der Waals surface area contributed by atoms with Crippen molar-refractivity contribution in [3.05, 3.63) is 21.9 Å². The van der Waals surface area contributed by atoms with Gasteiger partial charge in [-0.3, -0.25) is 0 Å². The number of hydrogen-bond acceptors (Lipinski definition) is 3. The van der Waals surface area contributed by atoms with Crippen molar-refractivity contribution in [3.8, 4) is 0 Å². The van der Waals surface area contributed by atoms with Crippen molar-refractivity contribution in [2.45, 2.75) is 58.4 Å². The third-order valence-electron chi connectivity index (χ3n) is 3.15. The molecule has 1 N–H and O–H groups in total. The molecule has 1 aromatic rings. The standard InChI is InChI=1S/C16H29NS2/c1-16(2,3)15-10-9-14(19-15)13-17-11-7-5-6-8-12-18-4/h9-10,17H,5-8,11-13H2,1-4H3. The predicted molar refractivity (Wildman–Crippen MR) is 91.6 cm³/mol. The molecule has 0 fully saturated rings. The van der Waals surface area contributed by atoms with Crippen LogP contribution in [0.4, 0.5) is 0 Å². The Balaban J connectivity index is 2.08. The molecule has 0 spiro atoms. The van der Waals surface area contributed by atoms with Gasteiger partial charge in [0, 0.05) is 16.3 Å². The highest BCUT2D eigenvalue weighted by Crippen LogP contribution is 2.29. The van der Waals surface area contributed by atoms with Crippen molar-refractivity contribution in [1.82, 2.24) is 5.32 Å². The van der Waals surface area contributed by atoms with Gasteiger partial charge in [-0.15, -0.1) is 11.3 Å². The van der Waals surface area contributed by atoms with Crippen LogP contribution < -0.4 is 5.32 Å². The second kappa shape index (κ2) is 9.04. The van der Waals surface area contributed by atoms with E-state index in [0.717, 1.165) is 13.1 Å². The molecule has 1 heterocycles. The number of thioether (sulfide) groups is 1. The minimum Gasteiger partial charge on any atom is -0.312 e. The number of unbranched alkanes of at least 4 members (excludes halogenated alkanes) is 3. The lowest BCUT2D eigenvalue weighted by Gasteiger charge is -2.15. The highest BCUT2D eigenvalue weighted by atomic mass is 32.2. The van der Waals surface area contributed by atoms with Gasteiger partial charge in [-0.25, -0.2) is 0 Å². The van der Waals surface area contributed by atoms with Gasteiger partial charge in [0.05, 0.1) is 0 Å². The lowest BCUT2D eigenvalue weighted by Crippen LogP contribution is -2.13. The number of rotatable bonds is 9. The third kappa shape index (κ3) is 7.38. The minimum atomic E-state index is 0.292. The summed E-state index contributed by atoms with van der Waals surface area (Å²) in [6.07, 6.45) is 7.63. The quantitative estimate of drug-likeness (QED) is 0.640. The molecule has 1 aromatic heterocycles. The van der Waals surface area contributed by atoms with E-state index in [2.05, 4.69) is 44.5 Å². The molecule has 1 nitrogen and oxygen atoms in total. The predicted octanol–water partition coefficient (Wildman–Crippen LogP) is 5.06. The highest BCUT2D eigenvalue weighted by Gasteiger charge is 2.15. The summed E-state index contributed by atoms with van der Waals surface area (Å²) in [6.45, 7) is 9.04. The van der Waals surface area contributed by atoms with E-state index >= 15 is 0 Å². The van der Waals surface area contributed by atoms with Crippen LogP contribution in [0.3, 0.4) is 0 Å². The molecule has 19 heavy (non-hydrogen) atoms. The van der Waals surface area contributed by atoms with E-state index in [9.17, 15) is 0 Å². The van der Waals surface area contributed by atoms with Gasteiger partial charge in [-0.1, -0.05) is 33.6 Å². The summed E-state index contributed by atoms with van der Waals surface area (Å²) in [7, 11) is 0. The maximum atomic E-state index is 3.56. The maximum Gasteiger partial charge on any atom is 0.0299 e. The van der Waals surface area contributed by atoms with Crippen molar-refractivity contribution < 1.29 is 0 Å². The summed E-state index contributed by atoms with van der Waals surface area (Å²) in [5.74, 6) is 1.32. The number of thiophene rings is 1. The average molecular weight is 300 g/mol. The van der Waals surface area contributed by atoms with E-state index in [1.165, 1.54) is 41.2 Å². The van der Waals surface area contributed by atoms with Crippen LogP contribution in [-0.2, 0) is 12.0 Å². The molecule has 0 unspecified atom stereocenters. The van der Waals surface area contributed by atoms with Crippen molar-refractivity contribution in [2.24, 2.45) is 0 Å². The molecule has 0 saturated heterocycles. The largest absolute Gasteiger partial charge is 0.312 e. The van der Waals surface area contributed by atoms with Crippen molar-refractivity contribution in [3.63, 3.8) is 0 Å². The second-order valence-corrected chi connectivity index (χ2v) is 8.25. The first kappa shape index (κ1) is 17.1. The Bertz CT molecular complexity index is 339. The van der Waals surface area contributed by atoms with Crippen molar-refractivity contribution >= 4 is 23.1 Å². The van der Waals surface area contributed by atoms with Gasteiger partial charge in [0.1, 0.15) is 0 Å². The summed E-state index contributed by atoms with van der Waals surface area (Å²) in [4.78, 5) is 2.95. The molecule has 0 bridgehead atoms. The first-order chi connectivity index (χ1) is 9.04. The molecule has 3 heteroatoms. The van der Waals surface area contributed by atoms with E-state index in [4.69, 9.17) is 0 Å². The third-order valence-corrected chi connectivity index (χ3v) is 5.36. The van der Waals surface area contributed by atoms with Crippen LogP contribution >= 0.6 is 23.1 Å². The smallest absolute Gasteiger partial charge is 0.0299 e. The molecule has 1 rings (SSSR count). The number of hydrogen-bond donors (Lipinski definition) is 1. The van der Waals surface area contributed by atoms with Gasteiger partial charge in [-0.2, -0.15) is 11.8 Å². The van der Waals surface area contributed by atoms with Crippen LogP contribution in [0.15, 0.2) is 12.1 Å². The van der Waals surface area contributed by atoms with E-state index in [1.807, 2.05) is 23.1 Å². The lowest BCUT2D eigenvalue weighted by atomic mass is 9.95. The summed E-state index contributed by atoms with van der Waals surface area (Å²) in [5.41, 5.74) is 0.292. The van der Waals surface area contributed by atoms with E-state index in [0.29, 0.717) is 5.41 Å². The van der Waals surface area contributed by atoms with Crippen molar-refractivity contribution in [2.75, 3.05) is 18.6 Å². The summed E-state index contributed by atoms with van der Waals surface area (Å²) in [5, 5.41) is 3.56. The van der Waals surface area contributed by atoms with E-state index in [1.54, 1.807) is 0 Å². The zero-order chi connectivity index (χ0) is 14.1. The molecule has 110 valence electrons. The Hall–Kier alpha value is 0.01000. The van der Waals surface area contributed by atoms with Crippen LogP contribution in [-0.4, -0.2) is 18.6 Å². The second-order valence-electron chi connectivity index (χ2n) is 6.10. The topological polar surface area (TPSA) is 12.0 Å². The molecular weight excluding hydrogens is 270 g/mol. The van der Waals surface area contributed by atoms with Gasteiger partial charge in [0.2, 0.25) is 0 Å². The van der Waals surface area contributed by atoms with Gasteiger partial charge >= 0.3 is 0 Å². The average Bonchev–Trinajstić information content (AvgIpc) is 2.81. The van der Waals surface area contributed by atoms with E-state index < -0.39 is 0 Å². The molecular formula is C16H29NS2. The Morgan fingerprint density at radius 3 is 2.47 bits per heavy atom. The first-order valence-electron chi connectivity index (χ1n) is 7.33. The molecule has 0 aromatic carbocycles. The van der Waals surface area contributed by atoms with Crippen molar-refractivity contribution in [1.29, 1.82) is 0 Å². The summed E-state index contributed by atoms with van der Waals surface area (Å²) < 4.78 is 0. The maximum absolute atomic E-state index is 3.56. The first-order valence-corrected chi connectivity index (χ1v) is 9.54. The highest BCUT2D eigenvalue weighted by molar-refractivity contribution is 7.98. The fraction of sp³-hybridized carbons (Fsp3) is 0.750. The fourth-order valence-electron chi connectivity index (χ4n) is 1.94. The summed E-state index contributed by atoms with van der Waals surface area (Å²) >= 11 is 3.91. The monoisotopic (exact) mass is 299 g/mol. The Morgan fingerprint density at radius 1 is 1.11 bits per heavy atom. The normalized spacial score (nSPS) is 12.0. The van der Waals surface area contributed by atoms with Crippen LogP contribution in [0.2, 0.25) is 0 Å². The fourth-order valence-corrected chi connectivity index (χ4v) is 3.47. The molecule has 0 aliphatic heterocycles. The molecule has 0 aliphatic rings. The van der Waals surface area contributed by atoms with Gasteiger partial charge in [0.15, 0.2) is 0 Å². The van der Waals surface area contributed by atoms with Crippen LogP contribution in [0, 0.1) is 0 Å². The van der Waals surface area contributed by atoms with E-state index in [-0.39, 0.29) is 0 Å². The molecule has 0 aliphatic carbocycles. The van der Waals surface area contributed by atoms with Gasteiger partial charge in [-0.05, 0) is 48.9 Å². The Morgan fingerprint density at radius 2 is 1.84 bits per heavy atom. The SMILES string of the molecule is CSCCCCCCNCc1ccc(C(C)(C)C)s1. The zero-order valence-corrected chi connectivity index (χ0v) is 14.6. The molecule has 0 atom stereocenters. The number of nitrogens with one attached hydrogen (secondary N) is 1. The van der Waals surface area contributed by atoms with Crippen LogP contribution in [0.1, 0.15) is 56.2 Å².